The molecule has 0 unspecified atom stereocenters. The van der Waals surface area contributed by atoms with Crippen molar-refractivity contribution in [2.45, 2.75) is 52.6 Å². The lowest BCUT2D eigenvalue weighted by Crippen LogP contribution is -2.46. The second kappa shape index (κ2) is 7.34. The highest BCUT2D eigenvalue weighted by atomic mass is 16.3. The molecule has 1 rings (SSSR count). The summed E-state index contributed by atoms with van der Waals surface area (Å²) < 4.78 is 0. The van der Waals surface area contributed by atoms with Crippen molar-refractivity contribution in [1.29, 1.82) is 0 Å². The second-order valence-electron chi connectivity index (χ2n) is 5.49. The van der Waals surface area contributed by atoms with E-state index in [0.717, 1.165) is 39.0 Å². The molecule has 3 heteroatoms. The van der Waals surface area contributed by atoms with Gasteiger partial charge in [-0.25, -0.2) is 0 Å². The van der Waals surface area contributed by atoms with Crippen LogP contribution in [0.3, 0.4) is 0 Å². The van der Waals surface area contributed by atoms with Gasteiger partial charge in [-0.1, -0.05) is 20.8 Å². The Morgan fingerprint density at radius 3 is 2.24 bits per heavy atom. The lowest BCUT2D eigenvalue weighted by molar-refractivity contribution is 0.0529. The SMILES string of the molecule is CCNCC(CC)(CC)CN1CCC(O)CC1. The van der Waals surface area contributed by atoms with E-state index in [0.29, 0.717) is 5.41 Å². The molecule has 1 saturated heterocycles. The minimum atomic E-state index is -0.0577. The smallest absolute Gasteiger partial charge is 0.0564 e. The van der Waals surface area contributed by atoms with Gasteiger partial charge < -0.3 is 15.3 Å². The standard InChI is InChI=1S/C14H30N2O/c1-4-14(5-2,11-15-6-3)12-16-9-7-13(17)8-10-16/h13,15,17H,4-12H2,1-3H3. The highest BCUT2D eigenvalue weighted by molar-refractivity contribution is 4.84. The van der Waals surface area contributed by atoms with Crippen LogP contribution in [0.4, 0.5) is 0 Å². The molecule has 1 aliphatic rings. The fourth-order valence-electron chi connectivity index (χ4n) is 2.72. The number of aliphatic hydroxyl groups is 1. The number of piperidine rings is 1. The number of nitrogens with one attached hydrogen (secondary N) is 1. The van der Waals surface area contributed by atoms with E-state index in [1.165, 1.54) is 19.4 Å². The van der Waals surface area contributed by atoms with Gasteiger partial charge in [0.15, 0.2) is 0 Å². The zero-order valence-electron chi connectivity index (χ0n) is 11.8. The van der Waals surface area contributed by atoms with E-state index in [4.69, 9.17) is 0 Å². The van der Waals surface area contributed by atoms with Crippen molar-refractivity contribution in [3.8, 4) is 0 Å². The van der Waals surface area contributed by atoms with E-state index >= 15 is 0 Å². The molecule has 0 aliphatic carbocycles. The largest absolute Gasteiger partial charge is 0.393 e. The predicted molar refractivity (Wildman–Crippen MR) is 73.2 cm³/mol. The highest BCUT2D eigenvalue weighted by Crippen LogP contribution is 2.28. The molecule has 0 bridgehead atoms. The lowest BCUT2D eigenvalue weighted by atomic mass is 9.81. The first-order valence-electron chi connectivity index (χ1n) is 7.27. The Hall–Kier alpha value is -0.120. The molecule has 0 radical (unpaired) electrons. The van der Waals surface area contributed by atoms with Crippen LogP contribution < -0.4 is 5.32 Å². The van der Waals surface area contributed by atoms with Crippen molar-refractivity contribution in [2.75, 3.05) is 32.7 Å². The molecule has 1 aliphatic heterocycles. The van der Waals surface area contributed by atoms with Gasteiger partial charge in [0.25, 0.3) is 0 Å². The molecule has 1 fully saturated rings. The predicted octanol–water partition coefficient (Wildman–Crippen LogP) is 1.86. The average Bonchev–Trinajstić information content (AvgIpc) is 2.37. The van der Waals surface area contributed by atoms with Crippen molar-refractivity contribution < 1.29 is 5.11 Å². The van der Waals surface area contributed by atoms with Crippen LogP contribution in [-0.4, -0.2) is 48.8 Å². The molecule has 0 atom stereocenters. The molecule has 0 aromatic carbocycles. The Bertz CT molecular complexity index is 196. The molecule has 0 saturated carbocycles. The number of aliphatic hydroxyl groups excluding tert-OH is 1. The van der Waals surface area contributed by atoms with Crippen LogP contribution in [0.25, 0.3) is 0 Å². The van der Waals surface area contributed by atoms with Gasteiger partial charge in [-0.05, 0) is 37.6 Å². The topological polar surface area (TPSA) is 35.5 Å². The highest BCUT2D eigenvalue weighted by Gasteiger charge is 2.29. The zero-order valence-corrected chi connectivity index (χ0v) is 11.8. The van der Waals surface area contributed by atoms with Crippen LogP contribution in [0, 0.1) is 5.41 Å². The fraction of sp³-hybridized carbons (Fsp3) is 1.00. The first kappa shape index (κ1) is 14.9. The van der Waals surface area contributed by atoms with Gasteiger partial charge in [-0.3, -0.25) is 0 Å². The summed E-state index contributed by atoms with van der Waals surface area (Å²) in [6, 6.07) is 0. The van der Waals surface area contributed by atoms with Gasteiger partial charge in [-0.2, -0.15) is 0 Å². The Kier molecular flexibility index (Phi) is 6.45. The first-order chi connectivity index (χ1) is 8.15. The summed E-state index contributed by atoms with van der Waals surface area (Å²) in [5, 5.41) is 13.1. The third-order valence-electron chi connectivity index (χ3n) is 4.37. The van der Waals surface area contributed by atoms with Crippen molar-refractivity contribution in [2.24, 2.45) is 5.41 Å². The summed E-state index contributed by atoms with van der Waals surface area (Å²) in [5.74, 6) is 0. The third kappa shape index (κ3) is 4.57. The van der Waals surface area contributed by atoms with Crippen LogP contribution in [0.2, 0.25) is 0 Å². The summed E-state index contributed by atoms with van der Waals surface area (Å²) >= 11 is 0. The normalized spacial score (nSPS) is 19.8. The maximum Gasteiger partial charge on any atom is 0.0564 e. The van der Waals surface area contributed by atoms with Gasteiger partial charge in [0.1, 0.15) is 0 Å². The van der Waals surface area contributed by atoms with Crippen LogP contribution in [0.5, 0.6) is 0 Å². The Morgan fingerprint density at radius 2 is 1.76 bits per heavy atom. The van der Waals surface area contributed by atoms with Crippen molar-refractivity contribution in [1.82, 2.24) is 10.2 Å². The molecular formula is C14H30N2O. The molecule has 17 heavy (non-hydrogen) atoms. The molecular weight excluding hydrogens is 212 g/mol. The van der Waals surface area contributed by atoms with Gasteiger partial charge in [0.05, 0.1) is 6.10 Å². The fourth-order valence-corrected chi connectivity index (χ4v) is 2.72. The van der Waals surface area contributed by atoms with Crippen LogP contribution in [0.1, 0.15) is 46.5 Å². The molecule has 0 aromatic heterocycles. The van der Waals surface area contributed by atoms with E-state index in [2.05, 4.69) is 31.0 Å². The molecule has 2 N–H and O–H groups in total. The molecule has 102 valence electrons. The summed E-state index contributed by atoms with van der Waals surface area (Å²) in [6.45, 7) is 12.3. The molecule has 1 heterocycles. The van der Waals surface area contributed by atoms with Gasteiger partial charge in [0.2, 0.25) is 0 Å². The molecule has 0 spiro atoms. The van der Waals surface area contributed by atoms with Gasteiger partial charge >= 0.3 is 0 Å². The van der Waals surface area contributed by atoms with E-state index in [9.17, 15) is 5.11 Å². The van der Waals surface area contributed by atoms with E-state index in [1.54, 1.807) is 0 Å². The second-order valence-corrected chi connectivity index (χ2v) is 5.49. The molecule has 0 amide bonds. The number of rotatable bonds is 7. The minimum Gasteiger partial charge on any atom is -0.393 e. The van der Waals surface area contributed by atoms with Gasteiger partial charge in [0, 0.05) is 26.2 Å². The molecule has 0 aromatic rings. The number of hydrogen-bond donors (Lipinski definition) is 2. The Balaban J connectivity index is 2.47. The first-order valence-corrected chi connectivity index (χ1v) is 7.27. The molecule has 3 nitrogen and oxygen atoms in total. The van der Waals surface area contributed by atoms with E-state index < -0.39 is 0 Å². The average molecular weight is 242 g/mol. The summed E-state index contributed by atoms with van der Waals surface area (Å²) in [7, 11) is 0. The zero-order chi connectivity index (χ0) is 12.7. The van der Waals surface area contributed by atoms with Crippen molar-refractivity contribution in [3.05, 3.63) is 0 Å². The maximum atomic E-state index is 9.54. The number of nitrogens with zero attached hydrogens (tertiary/aromatic N) is 1. The van der Waals surface area contributed by atoms with E-state index in [-0.39, 0.29) is 6.10 Å². The monoisotopic (exact) mass is 242 g/mol. The lowest BCUT2D eigenvalue weighted by Gasteiger charge is -2.40. The van der Waals surface area contributed by atoms with Crippen LogP contribution >= 0.6 is 0 Å². The summed E-state index contributed by atoms with van der Waals surface area (Å²) in [4.78, 5) is 2.54. The van der Waals surface area contributed by atoms with Crippen molar-refractivity contribution >= 4 is 0 Å². The van der Waals surface area contributed by atoms with Crippen LogP contribution in [0.15, 0.2) is 0 Å². The third-order valence-corrected chi connectivity index (χ3v) is 4.37. The van der Waals surface area contributed by atoms with Gasteiger partial charge in [-0.15, -0.1) is 0 Å². The Labute approximate surface area is 107 Å². The minimum absolute atomic E-state index is 0.0577. The summed E-state index contributed by atoms with van der Waals surface area (Å²) in [5.41, 5.74) is 0.415. The van der Waals surface area contributed by atoms with Crippen LogP contribution in [-0.2, 0) is 0 Å². The van der Waals surface area contributed by atoms with E-state index in [1.807, 2.05) is 0 Å². The Morgan fingerprint density at radius 1 is 1.18 bits per heavy atom. The van der Waals surface area contributed by atoms with Crippen molar-refractivity contribution in [3.63, 3.8) is 0 Å². The summed E-state index contributed by atoms with van der Waals surface area (Å²) in [6.07, 6.45) is 4.30. The number of likely N-dealkylation sites (tertiary alicyclic amines) is 1. The maximum absolute atomic E-state index is 9.54. The number of hydrogen-bond acceptors (Lipinski definition) is 3. The quantitative estimate of drug-likeness (QED) is 0.715.